The zero-order valence-electron chi connectivity index (χ0n) is 27.2. The molecule has 246 valence electrons. The summed E-state index contributed by atoms with van der Waals surface area (Å²) >= 11 is 0. The van der Waals surface area contributed by atoms with Crippen molar-refractivity contribution in [3.05, 3.63) is 42.1 Å². The first-order valence-electron chi connectivity index (χ1n) is 15.5. The van der Waals surface area contributed by atoms with Crippen molar-refractivity contribution in [2.24, 2.45) is 0 Å². The number of aromatic nitrogens is 2. The molecule has 1 aromatic heterocycles. The number of piperazine rings is 1. The molecule has 1 aromatic carbocycles. The molecule has 0 bridgehead atoms. The quantitative estimate of drug-likeness (QED) is 0.324. The zero-order valence-corrected chi connectivity index (χ0v) is 27.2. The van der Waals surface area contributed by atoms with Gasteiger partial charge in [-0.05, 0) is 40.5 Å². The van der Waals surface area contributed by atoms with Gasteiger partial charge in [0.2, 0.25) is 5.91 Å². The van der Waals surface area contributed by atoms with E-state index in [1.54, 1.807) is 38.7 Å². The van der Waals surface area contributed by atoms with Gasteiger partial charge in [-0.15, -0.1) is 5.06 Å². The van der Waals surface area contributed by atoms with Crippen LogP contribution in [0.4, 0.5) is 10.6 Å². The SMILES string of the molecule is CCCCN(C)c1cc(C(=O)N[C@@H](CCC(=O)OC(C)(C)C)C(=O)N2CCN(OC(=O)OCC)CC2)nc(-c2ccccc2)n1. The van der Waals surface area contributed by atoms with Crippen LogP contribution >= 0.6 is 0 Å². The van der Waals surface area contributed by atoms with Crippen LogP contribution in [0.5, 0.6) is 0 Å². The van der Waals surface area contributed by atoms with Crippen LogP contribution in [0.15, 0.2) is 36.4 Å². The highest BCUT2D eigenvalue weighted by molar-refractivity contribution is 5.97. The molecule has 1 aliphatic rings. The minimum absolute atomic E-state index is 0.0267. The molecule has 0 unspecified atom stereocenters. The Bertz CT molecular complexity index is 1290. The maximum Gasteiger partial charge on any atom is 0.527 e. The van der Waals surface area contributed by atoms with E-state index in [0.717, 1.165) is 24.9 Å². The van der Waals surface area contributed by atoms with Crippen LogP contribution < -0.4 is 10.2 Å². The van der Waals surface area contributed by atoms with Crippen LogP contribution in [0.25, 0.3) is 11.4 Å². The second-order valence-electron chi connectivity index (χ2n) is 11.8. The average Bonchev–Trinajstić information content (AvgIpc) is 3.01. The first-order chi connectivity index (χ1) is 21.4. The molecule has 45 heavy (non-hydrogen) atoms. The molecule has 1 fully saturated rings. The first-order valence-corrected chi connectivity index (χ1v) is 15.5. The van der Waals surface area contributed by atoms with Gasteiger partial charge in [0.05, 0.1) is 19.7 Å². The van der Waals surface area contributed by atoms with E-state index in [2.05, 4.69) is 17.2 Å². The smallest absolute Gasteiger partial charge is 0.460 e. The summed E-state index contributed by atoms with van der Waals surface area (Å²) in [4.78, 5) is 69.7. The lowest BCUT2D eigenvalue weighted by Gasteiger charge is -2.35. The lowest BCUT2D eigenvalue weighted by Crippen LogP contribution is -2.55. The molecular weight excluding hydrogens is 580 g/mol. The zero-order chi connectivity index (χ0) is 33.0. The molecule has 2 amide bonds. The summed E-state index contributed by atoms with van der Waals surface area (Å²) in [5, 5.41) is 4.26. The number of carbonyl (C=O) groups is 4. The Morgan fingerprint density at radius 1 is 1.02 bits per heavy atom. The number of hydrogen-bond donors (Lipinski definition) is 1. The number of nitrogens with zero attached hydrogens (tertiary/aromatic N) is 5. The lowest BCUT2D eigenvalue weighted by atomic mass is 10.1. The van der Waals surface area contributed by atoms with Gasteiger partial charge in [0, 0.05) is 44.7 Å². The normalized spacial score (nSPS) is 14.3. The fourth-order valence-corrected chi connectivity index (χ4v) is 4.59. The van der Waals surface area contributed by atoms with Gasteiger partial charge in [-0.2, -0.15) is 0 Å². The van der Waals surface area contributed by atoms with Gasteiger partial charge in [0.1, 0.15) is 23.2 Å². The molecule has 1 N–H and O–H groups in total. The molecule has 0 saturated carbocycles. The molecule has 2 heterocycles. The third kappa shape index (κ3) is 11.3. The van der Waals surface area contributed by atoms with Crippen molar-refractivity contribution in [2.45, 2.75) is 71.9 Å². The molecule has 13 heteroatoms. The number of esters is 1. The second kappa shape index (κ2) is 16.7. The summed E-state index contributed by atoms with van der Waals surface area (Å²) in [5.74, 6) is -0.435. The van der Waals surface area contributed by atoms with Gasteiger partial charge in [-0.1, -0.05) is 43.7 Å². The highest BCUT2D eigenvalue weighted by Gasteiger charge is 2.32. The highest BCUT2D eigenvalue weighted by Crippen LogP contribution is 2.21. The van der Waals surface area contributed by atoms with Crippen LogP contribution in [0.3, 0.4) is 0 Å². The van der Waals surface area contributed by atoms with Crippen LogP contribution in [0.2, 0.25) is 0 Å². The molecule has 2 aromatic rings. The van der Waals surface area contributed by atoms with Crippen LogP contribution in [-0.4, -0.2) is 102 Å². The maximum absolute atomic E-state index is 13.7. The summed E-state index contributed by atoms with van der Waals surface area (Å²) < 4.78 is 10.3. The number of nitrogens with one attached hydrogen (secondary N) is 1. The van der Waals surface area contributed by atoms with E-state index in [4.69, 9.17) is 19.3 Å². The van der Waals surface area contributed by atoms with E-state index >= 15 is 0 Å². The van der Waals surface area contributed by atoms with E-state index in [1.807, 2.05) is 42.3 Å². The van der Waals surface area contributed by atoms with Crippen molar-refractivity contribution in [2.75, 3.05) is 51.3 Å². The Hall–Kier alpha value is -4.26. The topological polar surface area (TPSA) is 144 Å². The Morgan fingerprint density at radius 2 is 1.71 bits per heavy atom. The fourth-order valence-electron chi connectivity index (χ4n) is 4.59. The molecule has 13 nitrogen and oxygen atoms in total. The lowest BCUT2D eigenvalue weighted by molar-refractivity contribution is -0.158. The predicted molar refractivity (Wildman–Crippen MR) is 168 cm³/mol. The van der Waals surface area contributed by atoms with E-state index in [1.165, 1.54) is 5.06 Å². The van der Waals surface area contributed by atoms with E-state index < -0.39 is 29.7 Å². The van der Waals surface area contributed by atoms with Crippen LogP contribution in [0.1, 0.15) is 70.8 Å². The molecule has 1 aliphatic heterocycles. The third-order valence-electron chi connectivity index (χ3n) is 6.89. The predicted octanol–water partition coefficient (Wildman–Crippen LogP) is 3.83. The van der Waals surface area contributed by atoms with Gasteiger partial charge in [0.15, 0.2) is 5.82 Å². The van der Waals surface area contributed by atoms with Gasteiger partial charge in [-0.25, -0.2) is 14.8 Å². The second-order valence-corrected chi connectivity index (χ2v) is 11.8. The Balaban J connectivity index is 1.83. The number of hydrogen-bond acceptors (Lipinski definition) is 11. The van der Waals surface area contributed by atoms with Crippen molar-refractivity contribution in [1.82, 2.24) is 25.2 Å². The summed E-state index contributed by atoms with van der Waals surface area (Å²) in [6.45, 7) is 11.0. The Kier molecular flexibility index (Phi) is 13.1. The summed E-state index contributed by atoms with van der Waals surface area (Å²) in [7, 11) is 1.91. The van der Waals surface area contributed by atoms with E-state index in [-0.39, 0.29) is 57.2 Å². The van der Waals surface area contributed by atoms with Crippen molar-refractivity contribution >= 4 is 29.8 Å². The number of hydroxylamine groups is 2. The standard InChI is InChI=1S/C32H46N6O7/c1-7-9-17-36(6)26-22-25(33-28(35-26)23-13-11-10-12-14-23)29(40)34-24(15-16-27(39)44-32(3,4)5)30(41)37-18-20-38(21-19-37)45-31(42)43-8-2/h10-14,22,24H,7-9,15-21H2,1-6H3,(H,34,40)/t24-/m0/s1. The van der Waals surface area contributed by atoms with Crippen molar-refractivity contribution in [1.29, 1.82) is 0 Å². The number of amides is 2. The van der Waals surface area contributed by atoms with Gasteiger partial charge < -0.3 is 29.4 Å². The molecule has 1 saturated heterocycles. The number of benzene rings is 1. The minimum atomic E-state index is -1.03. The van der Waals surface area contributed by atoms with Crippen molar-refractivity contribution in [3.8, 4) is 11.4 Å². The highest BCUT2D eigenvalue weighted by atomic mass is 16.8. The van der Waals surface area contributed by atoms with E-state index in [0.29, 0.717) is 11.6 Å². The Morgan fingerprint density at radius 3 is 2.33 bits per heavy atom. The van der Waals surface area contributed by atoms with Gasteiger partial charge in [-0.3, -0.25) is 14.4 Å². The molecule has 1 atom stereocenters. The number of carbonyl (C=O) groups excluding carboxylic acids is 4. The first kappa shape index (κ1) is 35.2. The largest absolute Gasteiger partial charge is 0.527 e. The van der Waals surface area contributed by atoms with E-state index in [9.17, 15) is 19.2 Å². The third-order valence-corrected chi connectivity index (χ3v) is 6.89. The Labute approximate surface area is 265 Å². The number of anilines is 1. The van der Waals surface area contributed by atoms with Crippen molar-refractivity contribution in [3.63, 3.8) is 0 Å². The van der Waals surface area contributed by atoms with Crippen molar-refractivity contribution < 1.29 is 33.5 Å². The van der Waals surface area contributed by atoms with Gasteiger partial charge >= 0.3 is 12.1 Å². The summed E-state index contributed by atoms with van der Waals surface area (Å²) in [5.41, 5.74) is 0.159. The number of unbranched alkanes of at least 4 members (excludes halogenated alkanes) is 1. The van der Waals surface area contributed by atoms with Crippen LogP contribution in [-0.2, 0) is 23.9 Å². The minimum Gasteiger partial charge on any atom is -0.460 e. The number of ether oxygens (including phenoxy) is 2. The van der Waals surface area contributed by atoms with Gasteiger partial charge in [0.25, 0.3) is 5.91 Å². The molecule has 0 radical (unpaired) electrons. The summed E-state index contributed by atoms with van der Waals surface area (Å²) in [6.07, 6.45) is 1.09. The molecular formula is C32H46N6O7. The number of rotatable bonds is 13. The molecule has 3 rings (SSSR count). The van der Waals surface area contributed by atoms with Crippen LogP contribution in [0, 0.1) is 0 Å². The molecule has 0 aliphatic carbocycles. The maximum atomic E-state index is 13.7. The monoisotopic (exact) mass is 626 g/mol. The summed E-state index contributed by atoms with van der Waals surface area (Å²) in [6, 6.07) is 9.94. The average molecular weight is 627 g/mol. The fraction of sp³-hybridized carbons (Fsp3) is 0.562. The molecule has 0 spiro atoms.